The molecule has 1 aliphatic heterocycles. The van der Waals surface area contributed by atoms with Crippen LogP contribution in [0.2, 0.25) is 0 Å². The van der Waals surface area contributed by atoms with Crippen LogP contribution in [0.15, 0.2) is 11.9 Å². The molecule has 0 atom stereocenters. The predicted molar refractivity (Wildman–Crippen MR) is 72.5 cm³/mol. The van der Waals surface area contributed by atoms with Crippen LogP contribution in [-0.2, 0) is 14.3 Å². The SMILES string of the molecule is COC(=O)N1C=C(C(=O)NC(C)(C)C)N(C(C)=O)CC1. The minimum atomic E-state index is -0.561. The van der Waals surface area contributed by atoms with E-state index in [1.807, 2.05) is 20.8 Å². The van der Waals surface area contributed by atoms with Crippen molar-refractivity contribution in [3.05, 3.63) is 11.9 Å². The molecule has 0 fully saturated rings. The van der Waals surface area contributed by atoms with Crippen LogP contribution in [0, 0.1) is 0 Å². The molecule has 1 heterocycles. The molecule has 7 nitrogen and oxygen atoms in total. The maximum atomic E-state index is 12.2. The zero-order valence-corrected chi connectivity index (χ0v) is 12.5. The minimum absolute atomic E-state index is 0.143. The molecule has 112 valence electrons. The quantitative estimate of drug-likeness (QED) is 0.767. The number of rotatable bonds is 1. The van der Waals surface area contributed by atoms with E-state index in [1.165, 1.54) is 30.0 Å². The van der Waals surface area contributed by atoms with Crippen molar-refractivity contribution in [1.29, 1.82) is 0 Å². The third kappa shape index (κ3) is 3.97. The summed E-state index contributed by atoms with van der Waals surface area (Å²) in [5.41, 5.74) is -0.294. The Morgan fingerprint density at radius 1 is 1.25 bits per heavy atom. The van der Waals surface area contributed by atoms with Crippen LogP contribution in [-0.4, -0.2) is 53.4 Å². The zero-order chi connectivity index (χ0) is 15.5. The van der Waals surface area contributed by atoms with Gasteiger partial charge in [-0.3, -0.25) is 14.5 Å². The van der Waals surface area contributed by atoms with Gasteiger partial charge < -0.3 is 15.0 Å². The lowest BCUT2D eigenvalue weighted by atomic mass is 10.1. The molecule has 3 amide bonds. The number of carbonyl (C=O) groups excluding carboxylic acids is 3. The Labute approximate surface area is 118 Å². The summed E-state index contributed by atoms with van der Waals surface area (Å²) in [7, 11) is 1.27. The maximum Gasteiger partial charge on any atom is 0.413 e. The molecule has 0 bridgehead atoms. The number of hydrogen-bond acceptors (Lipinski definition) is 4. The average Bonchev–Trinajstić information content (AvgIpc) is 2.34. The molecule has 7 heteroatoms. The molecule has 0 saturated heterocycles. The van der Waals surface area contributed by atoms with Crippen molar-refractivity contribution < 1.29 is 19.1 Å². The van der Waals surface area contributed by atoms with Crippen LogP contribution in [0.5, 0.6) is 0 Å². The summed E-state index contributed by atoms with van der Waals surface area (Å²) in [6.07, 6.45) is 0.784. The van der Waals surface area contributed by atoms with Crippen LogP contribution in [0.1, 0.15) is 27.7 Å². The molecule has 20 heavy (non-hydrogen) atoms. The smallest absolute Gasteiger partial charge is 0.413 e. The summed E-state index contributed by atoms with van der Waals surface area (Å²) in [5.74, 6) is -0.647. The van der Waals surface area contributed by atoms with E-state index in [4.69, 9.17) is 0 Å². The van der Waals surface area contributed by atoms with Crippen LogP contribution in [0.25, 0.3) is 0 Å². The van der Waals surface area contributed by atoms with Crippen LogP contribution >= 0.6 is 0 Å². The first-order valence-electron chi connectivity index (χ1n) is 6.32. The first-order valence-corrected chi connectivity index (χ1v) is 6.32. The second kappa shape index (κ2) is 5.94. The summed E-state index contributed by atoms with van der Waals surface area (Å²) >= 11 is 0. The number of ether oxygens (including phenoxy) is 1. The standard InChI is InChI=1S/C13H21N3O4/c1-9(17)16-7-6-15(12(19)20-5)8-10(16)11(18)14-13(2,3)4/h8H,6-7H2,1-5H3,(H,14,18). The first-order chi connectivity index (χ1) is 9.15. The van der Waals surface area contributed by atoms with Gasteiger partial charge in [-0.15, -0.1) is 0 Å². The van der Waals surface area contributed by atoms with Gasteiger partial charge in [-0.25, -0.2) is 4.79 Å². The highest BCUT2D eigenvalue weighted by atomic mass is 16.5. The number of amides is 3. The third-order valence-electron chi connectivity index (χ3n) is 2.64. The Morgan fingerprint density at radius 2 is 1.85 bits per heavy atom. The van der Waals surface area contributed by atoms with Crippen LogP contribution < -0.4 is 5.32 Å². The second-order valence-electron chi connectivity index (χ2n) is 5.55. The van der Waals surface area contributed by atoms with Gasteiger partial charge in [0.05, 0.1) is 7.11 Å². The van der Waals surface area contributed by atoms with Crippen molar-refractivity contribution >= 4 is 17.9 Å². The normalized spacial score (nSPS) is 15.6. The summed E-state index contributed by atoms with van der Waals surface area (Å²) in [4.78, 5) is 38.0. The maximum absolute atomic E-state index is 12.2. The number of hydrogen-bond donors (Lipinski definition) is 1. The Morgan fingerprint density at radius 3 is 2.30 bits per heavy atom. The molecular weight excluding hydrogens is 262 g/mol. The molecule has 1 N–H and O–H groups in total. The van der Waals surface area contributed by atoms with Gasteiger partial charge in [-0.1, -0.05) is 0 Å². The average molecular weight is 283 g/mol. The van der Waals surface area contributed by atoms with Crippen molar-refractivity contribution in [2.24, 2.45) is 0 Å². The topological polar surface area (TPSA) is 79.0 Å². The van der Waals surface area contributed by atoms with Gasteiger partial charge in [-0.05, 0) is 20.8 Å². The minimum Gasteiger partial charge on any atom is -0.452 e. The summed E-state index contributed by atoms with van der Waals surface area (Å²) in [6, 6.07) is 0. The molecule has 0 aromatic heterocycles. The Balaban J connectivity index is 3.04. The van der Waals surface area contributed by atoms with Crippen molar-refractivity contribution in [3.8, 4) is 0 Å². The molecule has 1 rings (SSSR count). The van der Waals surface area contributed by atoms with Gasteiger partial charge in [0.1, 0.15) is 5.70 Å². The van der Waals surface area contributed by atoms with E-state index in [0.29, 0.717) is 6.54 Å². The van der Waals surface area contributed by atoms with Crippen molar-refractivity contribution in [1.82, 2.24) is 15.1 Å². The summed E-state index contributed by atoms with van der Waals surface area (Å²) in [6.45, 7) is 7.44. The Bertz CT molecular complexity index is 451. The number of methoxy groups -OCH3 is 1. The van der Waals surface area contributed by atoms with E-state index in [2.05, 4.69) is 10.1 Å². The van der Waals surface area contributed by atoms with Crippen molar-refractivity contribution in [2.45, 2.75) is 33.2 Å². The molecule has 0 aromatic rings. The van der Waals surface area contributed by atoms with Gasteiger partial charge >= 0.3 is 6.09 Å². The van der Waals surface area contributed by atoms with Gasteiger partial charge in [0, 0.05) is 31.8 Å². The monoisotopic (exact) mass is 283 g/mol. The Kier molecular flexibility index (Phi) is 4.75. The van der Waals surface area contributed by atoms with E-state index in [9.17, 15) is 14.4 Å². The lowest BCUT2D eigenvalue weighted by Gasteiger charge is -2.33. The highest BCUT2D eigenvalue weighted by Crippen LogP contribution is 2.15. The highest BCUT2D eigenvalue weighted by Gasteiger charge is 2.30. The van der Waals surface area contributed by atoms with Crippen LogP contribution in [0.3, 0.4) is 0 Å². The molecule has 0 saturated carbocycles. The fourth-order valence-corrected chi connectivity index (χ4v) is 1.78. The van der Waals surface area contributed by atoms with Gasteiger partial charge in [0.15, 0.2) is 0 Å². The van der Waals surface area contributed by atoms with Crippen molar-refractivity contribution in [3.63, 3.8) is 0 Å². The summed E-state index contributed by atoms with van der Waals surface area (Å²) in [5, 5.41) is 2.77. The van der Waals surface area contributed by atoms with E-state index in [0.717, 1.165) is 0 Å². The molecular formula is C13H21N3O4. The highest BCUT2D eigenvalue weighted by molar-refractivity contribution is 5.98. The van der Waals surface area contributed by atoms with E-state index in [1.54, 1.807) is 0 Å². The van der Waals surface area contributed by atoms with Crippen molar-refractivity contribution in [2.75, 3.05) is 20.2 Å². The van der Waals surface area contributed by atoms with Gasteiger partial charge in [0.2, 0.25) is 5.91 Å². The van der Waals surface area contributed by atoms with E-state index >= 15 is 0 Å². The third-order valence-corrected chi connectivity index (χ3v) is 2.64. The lowest BCUT2D eigenvalue weighted by Crippen LogP contribution is -2.50. The Hall–Kier alpha value is -2.05. The lowest BCUT2D eigenvalue weighted by molar-refractivity contribution is -0.132. The fraction of sp³-hybridized carbons (Fsp3) is 0.615. The molecule has 0 aromatic carbocycles. The number of carbonyl (C=O) groups is 3. The largest absolute Gasteiger partial charge is 0.452 e. The molecule has 0 spiro atoms. The summed E-state index contributed by atoms with van der Waals surface area (Å²) < 4.78 is 4.62. The molecule has 0 radical (unpaired) electrons. The number of nitrogens with zero attached hydrogens (tertiary/aromatic N) is 2. The first kappa shape index (κ1) is 16.0. The fourth-order valence-electron chi connectivity index (χ4n) is 1.78. The molecule has 0 aliphatic carbocycles. The zero-order valence-electron chi connectivity index (χ0n) is 12.5. The van der Waals surface area contributed by atoms with E-state index < -0.39 is 17.5 Å². The van der Waals surface area contributed by atoms with Gasteiger partial charge in [0.25, 0.3) is 5.91 Å². The number of nitrogens with one attached hydrogen (secondary N) is 1. The second-order valence-corrected chi connectivity index (χ2v) is 5.55. The molecule has 1 aliphatic rings. The van der Waals surface area contributed by atoms with Crippen LogP contribution in [0.4, 0.5) is 4.79 Å². The van der Waals surface area contributed by atoms with E-state index in [-0.39, 0.29) is 18.1 Å². The molecule has 0 unspecified atom stereocenters. The predicted octanol–water partition coefficient (Wildman–Crippen LogP) is 0.673. The van der Waals surface area contributed by atoms with Gasteiger partial charge in [-0.2, -0.15) is 0 Å².